The fraction of sp³-hybridized carbons (Fsp3) is 0.364. The Bertz CT molecular complexity index is 309. The lowest BCUT2D eigenvalue weighted by Gasteiger charge is -2.03. The second-order valence-corrected chi connectivity index (χ2v) is 3.09. The number of aromatic hydroxyl groups is 1. The normalized spacial score (nSPS) is 8.93. The molecule has 0 spiro atoms. The van der Waals surface area contributed by atoms with Crippen LogP contribution in [0.5, 0.6) is 5.75 Å². The maximum absolute atomic E-state index is 10.9. The van der Waals surface area contributed by atoms with Gasteiger partial charge in [-0.25, -0.2) is 0 Å². The Kier molecular flexibility index (Phi) is 5.24. The molecule has 0 unspecified atom stereocenters. The average molecular weight is 215 g/mol. The molecule has 0 atom stereocenters. The van der Waals surface area contributed by atoms with Crippen molar-refractivity contribution < 1.29 is 9.90 Å². The van der Waals surface area contributed by atoms with Gasteiger partial charge in [0.05, 0.1) is 5.02 Å². The van der Waals surface area contributed by atoms with Gasteiger partial charge in [0, 0.05) is 5.56 Å². The lowest BCUT2D eigenvalue weighted by molar-refractivity contribution is 0.101. The van der Waals surface area contributed by atoms with Crippen LogP contribution in [-0.2, 0) is 0 Å². The van der Waals surface area contributed by atoms with E-state index in [0.717, 1.165) is 0 Å². The first-order chi connectivity index (χ1) is 6.52. The van der Waals surface area contributed by atoms with Crippen molar-refractivity contribution in [3.63, 3.8) is 0 Å². The number of phenols is 1. The quantitative estimate of drug-likeness (QED) is 0.726. The Morgan fingerprint density at radius 1 is 1.36 bits per heavy atom. The smallest absolute Gasteiger partial charge is 0.159 e. The summed E-state index contributed by atoms with van der Waals surface area (Å²) in [6.07, 6.45) is 0. The molecule has 0 saturated carbocycles. The number of benzene rings is 1. The highest BCUT2D eigenvalue weighted by Gasteiger charge is 2.06. The molecular weight excluding hydrogens is 200 g/mol. The number of aryl methyl sites for hydroxylation is 1. The molecule has 1 rings (SSSR count). The highest BCUT2D eigenvalue weighted by atomic mass is 35.5. The zero-order chi connectivity index (χ0) is 11.3. The SMILES string of the molecule is CC.CC(=O)c1cc(C)c(O)c(Cl)c1. The molecule has 0 aliphatic heterocycles. The fourth-order valence-corrected chi connectivity index (χ4v) is 1.21. The van der Waals surface area contributed by atoms with Crippen LogP contribution in [0.25, 0.3) is 0 Å². The molecule has 0 aromatic heterocycles. The molecule has 0 fully saturated rings. The third-order valence-electron chi connectivity index (χ3n) is 1.66. The minimum atomic E-state index is -0.0556. The summed E-state index contributed by atoms with van der Waals surface area (Å²) in [6, 6.07) is 3.08. The molecule has 0 saturated heterocycles. The van der Waals surface area contributed by atoms with E-state index in [9.17, 15) is 9.90 Å². The molecule has 3 heteroatoms. The number of carbonyl (C=O) groups is 1. The number of hydrogen-bond acceptors (Lipinski definition) is 2. The van der Waals surface area contributed by atoms with Crippen LogP contribution in [0.15, 0.2) is 12.1 Å². The molecule has 0 heterocycles. The lowest BCUT2D eigenvalue weighted by atomic mass is 10.1. The van der Waals surface area contributed by atoms with Gasteiger partial charge in [-0.05, 0) is 31.5 Å². The van der Waals surface area contributed by atoms with Gasteiger partial charge < -0.3 is 5.11 Å². The Balaban J connectivity index is 0.000000791. The zero-order valence-corrected chi connectivity index (χ0v) is 9.64. The number of halogens is 1. The molecule has 0 aliphatic carbocycles. The molecule has 14 heavy (non-hydrogen) atoms. The van der Waals surface area contributed by atoms with E-state index in [1.165, 1.54) is 13.0 Å². The zero-order valence-electron chi connectivity index (χ0n) is 8.89. The summed E-state index contributed by atoms with van der Waals surface area (Å²) in [5, 5.41) is 9.49. The molecule has 0 aliphatic rings. The topological polar surface area (TPSA) is 37.3 Å². The number of phenolic OH excluding ortho intramolecular Hbond substituents is 1. The first-order valence-corrected chi connectivity index (χ1v) is 4.90. The van der Waals surface area contributed by atoms with Crippen molar-refractivity contribution in [3.8, 4) is 5.75 Å². The summed E-state index contributed by atoms with van der Waals surface area (Å²) in [6.45, 7) is 7.16. The molecule has 2 nitrogen and oxygen atoms in total. The second kappa shape index (κ2) is 5.66. The molecule has 1 aromatic rings. The highest BCUT2D eigenvalue weighted by Crippen LogP contribution is 2.28. The van der Waals surface area contributed by atoms with Gasteiger partial charge in [0.15, 0.2) is 5.78 Å². The number of hydrogen-bond donors (Lipinski definition) is 1. The first-order valence-electron chi connectivity index (χ1n) is 4.52. The molecule has 1 N–H and O–H groups in total. The largest absolute Gasteiger partial charge is 0.506 e. The summed E-state index contributed by atoms with van der Waals surface area (Å²) in [7, 11) is 0. The summed E-state index contributed by atoms with van der Waals surface area (Å²) in [5.74, 6) is -0.0123. The average Bonchev–Trinajstić information content (AvgIpc) is 2.16. The predicted molar refractivity (Wildman–Crippen MR) is 59.2 cm³/mol. The van der Waals surface area contributed by atoms with E-state index < -0.39 is 0 Å². The van der Waals surface area contributed by atoms with Gasteiger partial charge >= 0.3 is 0 Å². The number of ketones is 1. The number of Topliss-reactive ketones (excluding diaryl/α,β-unsaturated/α-hetero) is 1. The first kappa shape index (κ1) is 13.0. The van der Waals surface area contributed by atoms with E-state index in [2.05, 4.69) is 0 Å². The Morgan fingerprint density at radius 2 is 1.86 bits per heavy atom. The lowest BCUT2D eigenvalue weighted by Crippen LogP contribution is -1.92. The van der Waals surface area contributed by atoms with Crippen LogP contribution in [-0.4, -0.2) is 10.9 Å². The molecule has 0 bridgehead atoms. The van der Waals surface area contributed by atoms with E-state index in [4.69, 9.17) is 11.6 Å². The summed E-state index contributed by atoms with van der Waals surface area (Å²) >= 11 is 5.66. The van der Waals surface area contributed by atoms with Crippen molar-refractivity contribution in [1.29, 1.82) is 0 Å². The Morgan fingerprint density at radius 3 is 2.21 bits per heavy atom. The van der Waals surface area contributed by atoms with Crippen LogP contribution in [0.1, 0.15) is 36.7 Å². The van der Waals surface area contributed by atoms with Gasteiger partial charge in [-0.1, -0.05) is 25.4 Å². The van der Waals surface area contributed by atoms with Gasteiger partial charge in [0.25, 0.3) is 0 Å². The molecule has 1 aromatic carbocycles. The molecule has 0 radical (unpaired) electrons. The van der Waals surface area contributed by atoms with E-state index in [0.29, 0.717) is 11.1 Å². The highest BCUT2D eigenvalue weighted by molar-refractivity contribution is 6.32. The molecular formula is C11H15ClO2. The maximum atomic E-state index is 10.9. The van der Waals surface area contributed by atoms with E-state index in [1.54, 1.807) is 13.0 Å². The molecule has 0 amide bonds. The van der Waals surface area contributed by atoms with Gasteiger partial charge in [0.2, 0.25) is 0 Å². The second-order valence-electron chi connectivity index (χ2n) is 2.68. The van der Waals surface area contributed by atoms with E-state index >= 15 is 0 Å². The van der Waals surface area contributed by atoms with Crippen LogP contribution >= 0.6 is 11.6 Å². The maximum Gasteiger partial charge on any atom is 0.159 e. The summed E-state index contributed by atoms with van der Waals surface area (Å²) in [5.41, 5.74) is 1.14. The van der Waals surface area contributed by atoms with Gasteiger partial charge in [0.1, 0.15) is 5.75 Å². The van der Waals surface area contributed by atoms with Crippen molar-refractivity contribution in [3.05, 3.63) is 28.3 Å². The monoisotopic (exact) mass is 214 g/mol. The Labute approximate surface area is 89.5 Å². The van der Waals surface area contributed by atoms with Crippen molar-refractivity contribution in [2.45, 2.75) is 27.7 Å². The van der Waals surface area contributed by atoms with Gasteiger partial charge in [-0.2, -0.15) is 0 Å². The van der Waals surface area contributed by atoms with Gasteiger partial charge in [-0.3, -0.25) is 4.79 Å². The van der Waals surface area contributed by atoms with E-state index in [1.807, 2.05) is 13.8 Å². The third kappa shape index (κ3) is 3.04. The standard InChI is InChI=1S/C9H9ClO2.C2H6/c1-5-3-7(6(2)11)4-8(10)9(5)12;1-2/h3-4,12H,1-2H3;1-2H3. The summed E-state index contributed by atoms with van der Waals surface area (Å²) in [4.78, 5) is 10.9. The van der Waals surface area contributed by atoms with Crippen LogP contribution in [0, 0.1) is 6.92 Å². The van der Waals surface area contributed by atoms with Crippen molar-refractivity contribution in [2.24, 2.45) is 0 Å². The minimum absolute atomic E-state index is 0.0432. The fourth-order valence-electron chi connectivity index (χ4n) is 0.940. The van der Waals surface area contributed by atoms with Crippen molar-refractivity contribution in [2.75, 3.05) is 0 Å². The Hall–Kier alpha value is -1.02. The summed E-state index contributed by atoms with van der Waals surface area (Å²) < 4.78 is 0. The van der Waals surface area contributed by atoms with Crippen LogP contribution in [0.3, 0.4) is 0 Å². The van der Waals surface area contributed by atoms with Gasteiger partial charge in [-0.15, -0.1) is 0 Å². The van der Waals surface area contributed by atoms with Crippen LogP contribution < -0.4 is 0 Å². The number of rotatable bonds is 1. The van der Waals surface area contributed by atoms with Crippen molar-refractivity contribution >= 4 is 17.4 Å². The van der Waals surface area contributed by atoms with Crippen LogP contribution in [0.4, 0.5) is 0 Å². The predicted octanol–water partition coefficient (Wildman–Crippen LogP) is 3.58. The van der Waals surface area contributed by atoms with Crippen LogP contribution in [0.2, 0.25) is 5.02 Å². The molecule has 78 valence electrons. The van der Waals surface area contributed by atoms with Crippen molar-refractivity contribution in [1.82, 2.24) is 0 Å². The minimum Gasteiger partial charge on any atom is -0.506 e. The third-order valence-corrected chi connectivity index (χ3v) is 1.95. The van der Waals surface area contributed by atoms with E-state index in [-0.39, 0.29) is 16.6 Å². The number of carbonyl (C=O) groups excluding carboxylic acids is 1.